The molecule has 0 saturated carbocycles. The lowest BCUT2D eigenvalue weighted by Gasteiger charge is -2.08. The first-order chi connectivity index (χ1) is 19.8. The SMILES string of the molecule is C=C/C(=C\C)c1ccc2c(c1)sc1c3cc4sc5c6ccc(-c7ccc(C(F)(F)F)cc7)cc6sc5c4cc3sc21. The maximum atomic E-state index is 13.0. The summed E-state index contributed by atoms with van der Waals surface area (Å²) in [5.74, 6) is 0. The monoisotopic (exact) mass is 612 g/mol. The average molecular weight is 613 g/mol. The summed E-state index contributed by atoms with van der Waals surface area (Å²) >= 11 is 7.32. The minimum atomic E-state index is -4.33. The third kappa shape index (κ3) is 3.83. The van der Waals surface area contributed by atoms with Gasteiger partial charge in [-0.25, -0.2) is 0 Å². The highest BCUT2D eigenvalue weighted by Gasteiger charge is 2.30. The third-order valence-electron chi connectivity index (χ3n) is 7.69. The predicted molar refractivity (Wildman–Crippen MR) is 177 cm³/mol. The molecule has 0 aliphatic carbocycles. The van der Waals surface area contributed by atoms with Gasteiger partial charge in [-0.05, 0) is 65.6 Å². The van der Waals surface area contributed by atoms with Gasteiger partial charge in [-0.1, -0.05) is 55.1 Å². The quantitative estimate of drug-likeness (QED) is 0.174. The van der Waals surface area contributed by atoms with Gasteiger partial charge in [0.25, 0.3) is 0 Å². The van der Waals surface area contributed by atoms with Gasteiger partial charge < -0.3 is 0 Å². The molecule has 41 heavy (non-hydrogen) atoms. The van der Waals surface area contributed by atoms with E-state index in [2.05, 4.69) is 55.1 Å². The number of alkyl halides is 3. The predicted octanol–water partition coefficient (Wildman–Crippen LogP) is 13.1. The maximum Gasteiger partial charge on any atom is 0.416 e. The van der Waals surface area contributed by atoms with Crippen LogP contribution in [0.25, 0.3) is 75.8 Å². The largest absolute Gasteiger partial charge is 0.416 e. The zero-order chi connectivity index (χ0) is 28.0. The van der Waals surface area contributed by atoms with Crippen LogP contribution >= 0.6 is 45.3 Å². The van der Waals surface area contributed by atoms with Gasteiger partial charge in [0.05, 0.1) is 24.4 Å². The fraction of sp³-hybridized carbons (Fsp3) is 0.0588. The lowest BCUT2D eigenvalue weighted by Crippen LogP contribution is -2.03. The van der Waals surface area contributed by atoms with Crippen LogP contribution in [0.15, 0.2) is 91.5 Å². The molecule has 0 spiro atoms. The van der Waals surface area contributed by atoms with Crippen molar-refractivity contribution < 1.29 is 13.2 Å². The van der Waals surface area contributed by atoms with Crippen molar-refractivity contribution in [3.05, 3.63) is 103 Å². The normalized spacial score (nSPS) is 13.1. The van der Waals surface area contributed by atoms with Crippen LogP contribution in [0.2, 0.25) is 0 Å². The summed E-state index contributed by atoms with van der Waals surface area (Å²) < 4.78 is 49.3. The fourth-order valence-electron chi connectivity index (χ4n) is 5.62. The molecule has 0 amide bonds. The second kappa shape index (κ2) is 9.00. The van der Waals surface area contributed by atoms with Crippen molar-refractivity contribution in [3.8, 4) is 11.1 Å². The van der Waals surface area contributed by atoms with Crippen molar-refractivity contribution in [2.75, 3.05) is 0 Å². The van der Waals surface area contributed by atoms with Crippen molar-refractivity contribution >= 4 is 110 Å². The summed E-state index contributed by atoms with van der Waals surface area (Å²) in [6.07, 6.45) is -0.327. The molecule has 7 heteroatoms. The Balaban J connectivity index is 1.25. The summed E-state index contributed by atoms with van der Waals surface area (Å²) in [5, 5.41) is 5.10. The summed E-state index contributed by atoms with van der Waals surface area (Å²) in [5.41, 5.74) is 3.43. The summed E-state index contributed by atoms with van der Waals surface area (Å²) in [4.78, 5) is 0. The molecule has 0 radical (unpaired) electrons. The van der Waals surface area contributed by atoms with Crippen LogP contribution in [-0.2, 0) is 6.18 Å². The number of hydrogen-bond donors (Lipinski definition) is 0. The lowest BCUT2D eigenvalue weighted by molar-refractivity contribution is -0.137. The molecule has 0 fully saturated rings. The third-order valence-corrected chi connectivity index (χ3v) is 12.7. The Hall–Kier alpha value is -3.49. The van der Waals surface area contributed by atoms with E-state index in [1.807, 2.05) is 53.1 Å². The van der Waals surface area contributed by atoms with Gasteiger partial charge in [-0.3, -0.25) is 0 Å². The van der Waals surface area contributed by atoms with Gasteiger partial charge in [-0.2, -0.15) is 13.2 Å². The molecule has 0 aliphatic heterocycles. The number of benzene rings is 4. The van der Waals surface area contributed by atoms with Crippen LogP contribution in [0.1, 0.15) is 18.1 Å². The second-order valence-corrected chi connectivity index (χ2v) is 14.2. The van der Waals surface area contributed by atoms with E-state index in [0.29, 0.717) is 0 Å². The highest BCUT2D eigenvalue weighted by Crippen LogP contribution is 2.50. The summed E-state index contributed by atoms with van der Waals surface area (Å²) in [7, 11) is 0. The standard InChI is InChI=1S/C34H19F3S4/c1-3-17(4-2)19-7-11-22-26(13-19)38-32-24-15-29-25(16-28(24)40-30(22)32)33-31(41-29)23-12-8-20(14-27(23)39-33)18-5-9-21(10-6-18)34(35,36)37/h3-16H,1H2,2H3/b17-4+. The number of hydrogen-bond acceptors (Lipinski definition) is 4. The fourth-order valence-corrected chi connectivity index (χ4v) is 11.0. The van der Waals surface area contributed by atoms with Crippen LogP contribution in [0.5, 0.6) is 0 Å². The topological polar surface area (TPSA) is 0 Å². The molecule has 4 aromatic carbocycles. The molecule has 0 aliphatic rings. The second-order valence-electron chi connectivity index (χ2n) is 10.0. The van der Waals surface area contributed by atoms with Crippen molar-refractivity contribution in [1.82, 2.24) is 0 Å². The molecule has 4 aromatic heterocycles. The van der Waals surface area contributed by atoms with Gasteiger partial charge in [0.15, 0.2) is 0 Å². The number of halogens is 3. The molecule has 0 unspecified atom stereocenters. The van der Waals surface area contributed by atoms with E-state index in [1.54, 1.807) is 23.5 Å². The molecule has 0 atom stereocenters. The Morgan fingerprint density at radius 1 is 0.610 bits per heavy atom. The van der Waals surface area contributed by atoms with E-state index < -0.39 is 11.7 Å². The molecule has 0 bridgehead atoms. The molecule has 0 nitrogen and oxygen atoms in total. The van der Waals surface area contributed by atoms with E-state index in [4.69, 9.17) is 0 Å². The molecular weight excluding hydrogens is 594 g/mol. The maximum absolute atomic E-state index is 13.0. The van der Waals surface area contributed by atoms with E-state index >= 15 is 0 Å². The van der Waals surface area contributed by atoms with Crippen LogP contribution in [0, 0.1) is 0 Å². The molecule has 4 heterocycles. The molecule has 8 rings (SSSR count). The smallest absolute Gasteiger partial charge is 0.166 e. The van der Waals surface area contributed by atoms with Crippen LogP contribution in [0.3, 0.4) is 0 Å². The van der Waals surface area contributed by atoms with Crippen molar-refractivity contribution in [1.29, 1.82) is 0 Å². The minimum Gasteiger partial charge on any atom is -0.166 e. The van der Waals surface area contributed by atoms with Crippen LogP contribution in [0.4, 0.5) is 13.2 Å². The van der Waals surface area contributed by atoms with E-state index in [-0.39, 0.29) is 0 Å². The van der Waals surface area contributed by atoms with E-state index in [9.17, 15) is 13.2 Å². The summed E-state index contributed by atoms with van der Waals surface area (Å²) in [6.45, 7) is 6.00. The highest BCUT2D eigenvalue weighted by molar-refractivity contribution is 7.38. The summed E-state index contributed by atoms with van der Waals surface area (Å²) in [6, 6.07) is 23.1. The first-order valence-electron chi connectivity index (χ1n) is 13.0. The molecule has 8 aromatic rings. The zero-order valence-electron chi connectivity index (χ0n) is 21.6. The van der Waals surface area contributed by atoms with Crippen molar-refractivity contribution in [2.24, 2.45) is 0 Å². The Kier molecular flexibility index (Phi) is 5.54. The highest BCUT2D eigenvalue weighted by atomic mass is 32.1. The Morgan fingerprint density at radius 2 is 1.10 bits per heavy atom. The Labute approximate surface area is 248 Å². The minimum absolute atomic E-state index is 0.626. The first kappa shape index (κ1) is 25.2. The molecule has 0 saturated heterocycles. The van der Waals surface area contributed by atoms with Gasteiger partial charge >= 0.3 is 6.18 Å². The first-order valence-corrected chi connectivity index (χ1v) is 16.2. The van der Waals surface area contributed by atoms with E-state index in [0.717, 1.165) is 33.5 Å². The van der Waals surface area contributed by atoms with Gasteiger partial charge in [-0.15, -0.1) is 45.3 Å². The van der Waals surface area contributed by atoms with Gasteiger partial charge in [0, 0.05) is 40.3 Å². The van der Waals surface area contributed by atoms with E-state index in [1.165, 1.54) is 60.0 Å². The van der Waals surface area contributed by atoms with Crippen molar-refractivity contribution in [2.45, 2.75) is 13.1 Å². The van der Waals surface area contributed by atoms with Gasteiger partial charge in [0.2, 0.25) is 0 Å². The number of allylic oxidation sites excluding steroid dienone is 3. The van der Waals surface area contributed by atoms with Crippen LogP contribution < -0.4 is 0 Å². The molecule has 200 valence electrons. The van der Waals surface area contributed by atoms with Gasteiger partial charge in [0.1, 0.15) is 0 Å². The Morgan fingerprint density at radius 3 is 1.63 bits per heavy atom. The number of rotatable bonds is 3. The molecular formula is C34H19F3S4. The van der Waals surface area contributed by atoms with Crippen LogP contribution in [-0.4, -0.2) is 0 Å². The Bertz CT molecular complexity index is 2370. The number of thiophene rings is 4. The zero-order valence-corrected chi connectivity index (χ0v) is 24.8. The average Bonchev–Trinajstić information content (AvgIpc) is 3.69. The molecule has 0 N–H and O–H groups in total. The van der Waals surface area contributed by atoms with Crippen molar-refractivity contribution in [3.63, 3.8) is 0 Å². The lowest BCUT2D eigenvalue weighted by atomic mass is 10.0. The number of fused-ring (bicyclic) bond motifs is 10.